The summed E-state index contributed by atoms with van der Waals surface area (Å²) in [4.78, 5) is 60.4. The molecule has 0 saturated heterocycles. The van der Waals surface area contributed by atoms with Gasteiger partial charge < -0.3 is 30.2 Å². The quantitative estimate of drug-likeness (QED) is 0.0612. The van der Waals surface area contributed by atoms with Crippen LogP contribution >= 0.6 is 0 Å². The van der Waals surface area contributed by atoms with E-state index in [-0.39, 0.29) is 43.0 Å². The Morgan fingerprint density at radius 3 is 1.96 bits per heavy atom. The third-order valence-corrected chi connectivity index (χ3v) is 7.83. The average molecular weight is 697 g/mol. The molecule has 0 saturated carbocycles. The van der Waals surface area contributed by atoms with Crippen molar-refractivity contribution in [2.24, 2.45) is 5.92 Å². The van der Waals surface area contributed by atoms with Gasteiger partial charge in [-0.3, -0.25) is 19.7 Å². The summed E-state index contributed by atoms with van der Waals surface area (Å²) < 4.78 is 15.7. The lowest BCUT2D eigenvalue weighted by Gasteiger charge is -2.22. The van der Waals surface area contributed by atoms with E-state index < -0.39 is 35.0 Å². The van der Waals surface area contributed by atoms with Gasteiger partial charge in [0, 0.05) is 23.7 Å². The van der Waals surface area contributed by atoms with Crippen molar-refractivity contribution in [2.75, 3.05) is 18.5 Å². The highest BCUT2D eigenvalue weighted by Gasteiger charge is 2.30. The van der Waals surface area contributed by atoms with E-state index >= 15 is 0 Å². The first kappa shape index (κ1) is 37.6. The predicted molar refractivity (Wildman–Crippen MR) is 190 cm³/mol. The SMILES string of the molecule is CC.CC(C)C(NC(=O)OCC1c2ccccc2-c2ccccc21)C(=O)NCC(=O)Nc1ccc(COC(=O)Oc2ccc([N+](=O)[O-])cc2)cc1. The number of amides is 3. The first-order chi connectivity index (χ1) is 24.6. The molecule has 4 aromatic carbocycles. The Labute approximate surface area is 295 Å². The number of nitro groups is 1. The molecule has 0 fully saturated rings. The maximum Gasteiger partial charge on any atom is 0.514 e. The fourth-order valence-corrected chi connectivity index (χ4v) is 5.37. The maximum atomic E-state index is 13.0. The number of benzene rings is 4. The Balaban J connectivity index is 0.00000286. The van der Waals surface area contributed by atoms with E-state index in [1.54, 1.807) is 38.1 Å². The second-order valence-corrected chi connectivity index (χ2v) is 11.5. The van der Waals surface area contributed by atoms with Gasteiger partial charge >= 0.3 is 12.2 Å². The van der Waals surface area contributed by atoms with E-state index in [1.165, 1.54) is 24.3 Å². The summed E-state index contributed by atoms with van der Waals surface area (Å²) in [5, 5.41) is 18.6. The van der Waals surface area contributed by atoms with Gasteiger partial charge in [0.25, 0.3) is 5.69 Å². The van der Waals surface area contributed by atoms with Crippen LogP contribution in [0.4, 0.5) is 21.0 Å². The molecule has 0 radical (unpaired) electrons. The molecule has 0 bridgehead atoms. The summed E-state index contributed by atoms with van der Waals surface area (Å²) in [7, 11) is 0. The molecule has 0 aromatic heterocycles. The largest absolute Gasteiger partial charge is 0.514 e. The van der Waals surface area contributed by atoms with E-state index in [4.69, 9.17) is 14.2 Å². The summed E-state index contributed by atoms with van der Waals surface area (Å²) in [5.41, 5.74) is 5.26. The standard InChI is InChI=1S/C36H34N4O9.C2H6/c1-22(2)33(39-35(43)47-21-31-29-9-5-3-7-27(29)28-8-4-6-10-30(28)31)34(42)37-19-32(41)38-24-13-11-23(12-14-24)20-48-36(44)49-26-17-15-25(16-18-26)40(45)46;1-2/h3-18,22,31,33H,19-21H2,1-2H3,(H,37,42)(H,38,41)(H,39,43);1-2H3. The Morgan fingerprint density at radius 2 is 1.39 bits per heavy atom. The van der Waals surface area contributed by atoms with Crippen LogP contribution in [0.1, 0.15) is 50.3 Å². The molecule has 1 aliphatic carbocycles. The zero-order valence-electron chi connectivity index (χ0n) is 28.7. The van der Waals surface area contributed by atoms with Crippen molar-refractivity contribution >= 4 is 35.4 Å². The van der Waals surface area contributed by atoms with Crippen LogP contribution in [0, 0.1) is 16.0 Å². The number of hydrogen-bond donors (Lipinski definition) is 3. The number of rotatable bonds is 12. The zero-order chi connectivity index (χ0) is 36.9. The third-order valence-electron chi connectivity index (χ3n) is 7.83. The number of nitro benzene ring substituents is 1. The van der Waals surface area contributed by atoms with Crippen LogP contribution in [0.2, 0.25) is 0 Å². The van der Waals surface area contributed by atoms with E-state index in [9.17, 15) is 29.3 Å². The first-order valence-corrected chi connectivity index (χ1v) is 16.5. The topological polar surface area (TPSA) is 175 Å². The van der Waals surface area contributed by atoms with Crippen LogP contribution in [-0.4, -0.2) is 48.2 Å². The van der Waals surface area contributed by atoms with Crippen molar-refractivity contribution in [3.8, 4) is 16.9 Å². The molecule has 5 rings (SSSR count). The second kappa shape index (κ2) is 18.0. The number of nitrogens with zero attached hydrogens (tertiary/aromatic N) is 1. The zero-order valence-corrected chi connectivity index (χ0v) is 28.7. The number of non-ortho nitro benzene ring substituents is 1. The van der Waals surface area contributed by atoms with Gasteiger partial charge in [0.2, 0.25) is 11.8 Å². The molecule has 1 atom stereocenters. The monoisotopic (exact) mass is 696 g/mol. The van der Waals surface area contributed by atoms with Gasteiger partial charge in [0.1, 0.15) is 25.0 Å². The minimum absolute atomic E-state index is 0.0912. The highest BCUT2D eigenvalue weighted by molar-refractivity contribution is 5.95. The van der Waals surface area contributed by atoms with Gasteiger partial charge in [-0.1, -0.05) is 88.4 Å². The van der Waals surface area contributed by atoms with Gasteiger partial charge in [0.15, 0.2) is 0 Å². The molecule has 1 aliphatic rings. The number of hydrogen-bond acceptors (Lipinski definition) is 9. The fraction of sp³-hybridized carbons (Fsp3) is 0.263. The van der Waals surface area contributed by atoms with Crippen molar-refractivity contribution < 1.29 is 38.3 Å². The lowest BCUT2D eigenvalue weighted by Crippen LogP contribution is -2.51. The number of carbonyl (C=O) groups is 4. The van der Waals surface area contributed by atoms with Crippen LogP contribution in [0.25, 0.3) is 11.1 Å². The number of carbonyl (C=O) groups excluding carboxylic acids is 4. The molecular weight excluding hydrogens is 656 g/mol. The van der Waals surface area contributed by atoms with Crippen molar-refractivity contribution in [2.45, 2.75) is 46.3 Å². The van der Waals surface area contributed by atoms with Gasteiger partial charge in [0.05, 0.1) is 11.5 Å². The van der Waals surface area contributed by atoms with E-state index in [0.717, 1.165) is 22.3 Å². The van der Waals surface area contributed by atoms with Gasteiger partial charge in [-0.05, 0) is 58.0 Å². The van der Waals surface area contributed by atoms with E-state index in [1.807, 2.05) is 62.4 Å². The highest BCUT2D eigenvalue weighted by atomic mass is 16.7. The number of nitrogens with one attached hydrogen (secondary N) is 3. The Hall–Kier alpha value is -6.24. The third kappa shape index (κ3) is 10.1. The molecule has 4 aromatic rings. The van der Waals surface area contributed by atoms with Gasteiger partial charge in [-0.2, -0.15) is 0 Å². The van der Waals surface area contributed by atoms with E-state index in [2.05, 4.69) is 16.0 Å². The average Bonchev–Trinajstić information content (AvgIpc) is 3.46. The number of fused-ring (bicyclic) bond motifs is 3. The molecule has 0 heterocycles. The molecule has 3 N–H and O–H groups in total. The number of ether oxygens (including phenoxy) is 3. The summed E-state index contributed by atoms with van der Waals surface area (Å²) in [6.07, 6.45) is -1.72. The van der Waals surface area contributed by atoms with Crippen LogP contribution in [0.15, 0.2) is 97.1 Å². The molecule has 13 heteroatoms. The molecule has 266 valence electrons. The maximum absolute atomic E-state index is 13.0. The van der Waals surface area contributed by atoms with Crippen LogP contribution in [0.3, 0.4) is 0 Å². The lowest BCUT2D eigenvalue weighted by molar-refractivity contribution is -0.384. The smallest absolute Gasteiger partial charge is 0.449 e. The molecule has 1 unspecified atom stereocenters. The summed E-state index contributed by atoms with van der Waals surface area (Å²) in [6.45, 7) is 7.19. The van der Waals surface area contributed by atoms with Gasteiger partial charge in [-0.25, -0.2) is 9.59 Å². The number of alkyl carbamates (subject to hydrolysis) is 1. The van der Waals surface area contributed by atoms with Crippen molar-refractivity contribution in [3.05, 3.63) is 124 Å². The normalized spacial score (nSPS) is 11.9. The first-order valence-electron chi connectivity index (χ1n) is 16.5. The Bertz CT molecular complexity index is 1800. The van der Waals surface area contributed by atoms with Gasteiger partial charge in [-0.15, -0.1) is 0 Å². The molecule has 13 nitrogen and oxygen atoms in total. The van der Waals surface area contributed by atoms with Crippen molar-refractivity contribution in [3.63, 3.8) is 0 Å². The van der Waals surface area contributed by atoms with Crippen LogP contribution in [-0.2, 0) is 25.7 Å². The molecule has 0 spiro atoms. The summed E-state index contributed by atoms with van der Waals surface area (Å²) in [5.74, 6) is -1.35. The molecule has 51 heavy (non-hydrogen) atoms. The number of anilines is 1. The van der Waals surface area contributed by atoms with Crippen molar-refractivity contribution in [1.82, 2.24) is 10.6 Å². The second-order valence-electron chi connectivity index (χ2n) is 11.5. The molecular formula is C38H40N4O9. The van der Waals surface area contributed by atoms with Crippen molar-refractivity contribution in [1.29, 1.82) is 0 Å². The summed E-state index contributed by atoms with van der Waals surface area (Å²) >= 11 is 0. The summed E-state index contributed by atoms with van der Waals surface area (Å²) in [6, 6.07) is 26.4. The predicted octanol–water partition coefficient (Wildman–Crippen LogP) is 6.95. The Morgan fingerprint density at radius 1 is 0.804 bits per heavy atom. The lowest BCUT2D eigenvalue weighted by atomic mass is 9.98. The molecule has 3 amide bonds. The minimum atomic E-state index is -0.991. The van der Waals surface area contributed by atoms with E-state index in [0.29, 0.717) is 11.3 Å². The molecule has 0 aliphatic heterocycles. The minimum Gasteiger partial charge on any atom is -0.449 e. The fourth-order valence-electron chi connectivity index (χ4n) is 5.37. The highest BCUT2D eigenvalue weighted by Crippen LogP contribution is 2.44. The van der Waals surface area contributed by atoms with Crippen LogP contribution < -0.4 is 20.7 Å². The van der Waals surface area contributed by atoms with Crippen LogP contribution in [0.5, 0.6) is 5.75 Å². The Kier molecular flexibility index (Phi) is 13.2.